The van der Waals surface area contributed by atoms with Crippen LogP contribution in [0.3, 0.4) is 0 Å². The minimum atomic E-state index is -2.19. The summed E-state index contributed by atoms with van der Waals surface area (Å²) in [6.07, 6.45) is -10.6. The van der Waals surface area contributed by atoms with E-state index >= 15 is 0 Å². The van der Waals surface area contributed by atoms with Gasteiger partial charge in [0, 0.05) is 36.5 Å². The number of aliphatic hydroxyl groups is 4. The number of amides is 1. The molecule has 4 aliphatic rings. The lowest BCUT2D eigenvalue weighted by molar-refractivity contribution is -0.313. The largest absolute Gasteiger partial charge is 0.455 e. The van der Waals surface area contributed by atoms with Crippen molar-refractivity contribution < 1.29 is 63.3 Å². The van der Waals surface area contributed by atoms with Gasteiger partial charge in [-0.2, -0.15) is 0 Å². The van der Waals surface area contributed by atoms with Crippen LogP contribution < -0.4 is 5.32 Å². The SMILES string of the molecule is CC(=O)N[C@@H](c1ccccc1)[C@@H](OC(=O)CC(C)O)C(=O)O[C@H]1C[C@@]2(O)[C@@H](OC(=O)c3ccccc3)C3C(C)(C(=O)[C@H](O)C(=C1C)C2(C)C)[C@@H](O)CC1OC[C@]13C. The number of carbonyl (C=O) groups is 5. The van der Waals surface area contributed by atoms with Crippen molar-refractivity contribution in [2.45, 2.75) is 122 Å². The van der Waals surface area contributed by atoms with Crippen molar-refractivity contribution in [2.75, 3.05) is 6.61 Å². The minimum absolute atomic E-state index is 0.00735. The van der Waals surface area contributed by atoms with Crippen LogP contribution in [0.25, 0.3) is 0 Å². The van der Waals surface area contributed by atoms with Crippen LogP contribution in [0.5, 0.6) is 0 Å². The van der Waals surface area contributed by atoms with Crippen molar-refractivity contribution in [2.24, 2.45) is 22.2 Å². The summed E-state index contributed by atoms with van der Waals surface area (Å²) in [4.78, 5) is 69.0. The first kappa shape index (κ1) is 42.1. The first-order valence-corrected chi connectivity index (χ1v) is 19.3. The van der Waals surface area contributed by atoms with Gasteiger partial charge in [0.2, 0.25) is 12.0 Å². The zero-order valence-corrected chi connectivity index (χ0v) is 33.3. The second-order valence-corrected chi connectivity index (χ2v) is 17.1. The van der Waals surface area contributed by atoms with Gasteiger partial charge in [-0.3, -0.25) is 14.4 Å². The van der Waals surface area contributed by atoms with Crippen molar-refractivity contribution in [3.05, 3.63) is 82.9 Å². The van der Waals surface area contributed by atoms with Crippen LogP contribution in [0.1, 0.15) is 89.7 Å². The third-order valence-corrected chi connectivity index (χ3v) is 13.1. The van der Waals surface area contributed by atoms with Crippen LogP contribution >= 0.6 is 0 Å². The van der Waals surface area contributed by atoms with E-state index in [1.54, 1.807) is 81.4 Å². The van der Waals surface area contributed by atoms with E-state index in [9.17, 15) is 44.4 Å². The second-order valence-electron chi connectivity index (χ2n) is 17.1. The van der Waals surface area contributed by atoms with E-state index in [1.807, 2.05) is 6.92 Å². The Labute approximate surface area is 331 Å². The summed E-state index contributed by atoms with van der Waals surface area (Å²) in [6, 6.07) is 15.1. The van der Waals surface area contributed by atoms with E-state index in [0.717, 1.165) is 0 Å². The highest BCUT2D eigenvalue weighted by atomic mass is 16.6. The number of rotatable bonds is 10. The first-order valence-electron chi connectivity index (χ1n) is 19.3. The standard InChI is InChI=1S/C43H53NO13/c1-22(45)18-30(48)56-34(32(44-24(3)46)25-14-10-8-11-15-25)39(52)55-27-20-43(53)37(57-38(51)26-16-12-9-13-17-26)35-41(6)21-54-29(41)19-28(47)42(35,7)36(50)33(49)31(23(27)2)40(43,4)5/h8-17,22,27-29,32-35,37,45,47,49,53H,18-21H2,1-7H3,(H,44,46)/t22?,27-,28-,29?,32-,33+,34+,35?,37-,41+,42?,43+/m0/s1. The molecule has 3 fully saturated rings. The number of aliphatic hydroxyl groups excluding tert-OH is 3. The number of carbonyl (C=O) groups excluding carboxylic acids is 5. The number of hydrogen-bond acceptors (Lipinski definition) is 13. The average Bonchev–Trinajstić information content (AvgIpc) is 3.15. The molecule has 3 aliphatic carbocycles. The van der Waals surface area contributed by atoms with Crippen molar-refractivity contribution in [1.29, 1.82) is 0 Å². The summed E-state index contributed by atoms with van der Waals surface area (Å²) in [6.45, 7) is 10.8. The fourth-order valence-corrected chi connectivity index (χ4v) is 9.89. The van der Waals surface area contributed by atoms with Gasteiger partial charge < -0.3 is 44.7 Å². The second kappa shape index (κ2) is 15.4. The molecular formula is C43H53NO13. The molecule has 1 heterocycles. The molecule has 2 saturated carbocycles. The Kier molecular flexibility index (Phi) is 11.4. The molecule has 6 rings (SSSR count). The van der Waals surface area contributed by atoms with Gasteiger partial charge in [-0.25, -0.2) is 9.59 Å². The van der Waals surface area contributed by atoms with Gasteiger partial charge in [-0.05, 0) is 49.6 Å². The van der Waals surface area contributed by atoms with Crippen LogP contribution in [0.15, 0.2) is 71.8 Å². The maximum absolute atomic E-state index is 14.9. The van der Waals surface area contributed by atoms with E-state index in [0.29, 0.717) is 5.56 Å². The van der Waals surface area contributed by atoms with Crippen LogP contribution in [0, 0.1) is 22.2 Å². The van der Waals surface area contributed by atoms with E-state index in [1.165, 1.54) is 20.8 Å². The van der Waals surface area contributed by atoms with Gasteiger partial charge in [-0.1, -0.05) is 69.3 Å². The lowest BCUT2D eigenvalue weighted by atomic mass is 9.42. The van der Waals surface area contributed by atoms with Gasteiger partial charge in [-0.15, -0.1) is 0 Å². The lowest BCUT2D eigenvalue weighted by Gasteiger charge is -2.68. The molecule has 57 heavy (non-hydrogen) atoms. The van der Waals surface area contributed by atoms with Gasteiger partial charge >= 0.3 is 17.9 Å². The molecule has 14 nitrogen and oxygen atoms in total. The van der Waals surface area contributed by atoms with Crippen molar-refractivity contribution in [3.8, 4) is 0 Å². The highest BCUT2D eigenvalue weighted by Gasteiger charge is 2.75. The Hall–Kier alpha value is -4.47. The zero-order chi connectivity index (χ0) is 41.8. The molecule has 1 saturated heterocycles. The number of Topliss-reactive ketones (excluding diaryl/α,β-unsaturated/α-hetero) is 1. The predicted molar refractivity (Wildman–Crippen MR) is 202 cm³/mol. The van der Waals surface area contributed by atoms with Gasteiger partial charge in [0.05, 0.1) is 42.3 Å². The average molecular weight is 792 g/mol. The van der Waals surface area contributed by atoms with E-state index < -0.39 is 119 Å². The Morgan fingerprint density at radius 3 is 2.14 bits per heavy atom. The normalized spacial score (nSPS) is 34.4. The van der Waals surface area contributed by atoms with Crippen molar-refractivity contribution in [3.63, 3.8) is 0 Å². The quantitative estimate of drug-likeness (QED) is 0.133. The van der Waals surface area contributed by atoms with Crippen LogP contribution in [0.4, 0.5) is 0 Å². The molecule has 12 atom stereocenters. The number of esters is 3. The Balaban J connectivity index is 1.50. The predicted octanol–water partition coefficient (Wildman–Crippen LogP) is 2.90. The topological polar surface area (TPSA) is 215 Å². The van der Waals surface area contributed by atoms with E-state index in [4.69, 9.17) is 18.9 Å². The molecule has 308 valence electrons. The maximum Gasteiger partial charge on any atom is 0.350 e. The number of benzene rings is 2. The Bertz CT molecular complexity index is 1930. The molecule has 2 aromatic carbocycles. The highest BCUT2D eigenvalue weighted by molar-refractivity contribution is 5.94. The molecule has 14 heteroatoms. The summed E-state index contributed by atoms with van der Waals surface area (Å²) in [7, 11) is 0. The smallest absolute Gasteiger partial charge is 0.350 e. The lowest BCUT2D eigenvalue weighted by Crippen LogP contribution is -2.77. The fourth-order valence-electron chi connectivity index (χ4n) is 9.89. The number of ketones is 1. The summed E-state index contributed by atoms with van der Waals surface area (Å²) in [5, 5.41) is 50.0. The number of hydrogen-bond donors (Lipinski definition) is 5. The molecule has 0 spiro atoms. The number of nitrogens with one attached hydrogen (secondary N) is 1. The molecule has 1 aliphatic heterocycles. The molecular weight excluding hydrogens is 738 g/mol. The zero-order valence-electron chi connectivity index (χ0n) is 33.3. The van der Waals surface area contributed by atoms with Crippen molar-refractivity contribution in [1.82, 2.24) is 5.32 Å². The third-order valence-electron chi connectivity index (χ3n) is 13.1. The Morgan fingerprint density at radius 1 is 0.965 bits per heavy atom. The van der Waals surface area contributed by atoms with Gasteiger partial charge in [0.25, 0.3) is 0 Å². The molecule has 2 aromatic rings. The van der Waals surface area contributed by atoms with Crippen LogP contribution in [0.2, 0.25) is 0 Å². The first-order chi connectivity index (χ1) is 26.7. The fraction of sp³-hybridized carbons (Fsp3) is 0.558. The monoisotopic (exact) mass is 791 g/mol. The summed E-state index contributed by atoms with van der Waals surface area (Å²) < 4.78 is 24.1. The summed E-state index contributed by atoms with van der Waals surface area (Å²) >= 11 is 0. The van der Waals surface area contributed by atoms with Crippen LogP contribution in [-0.2, 0) is 38.1 Å². The molecule has 4 unspecified atom stereocenters. The number of fused-ring (bicyclic) bond motifs is 5. The van der Waals surface area contributed by atoms with E-state index in [2.05, 4.69) is 5.32 Å². The highest BCUT2D eigenvalue weighted by Crippen LogP contribution is 2.65. The maximum atomic E-state index is 14.9. The van der Waals surface area contributed by atoms with Crippen molar-refractivity contribution >= 4 is 29.6 Å². The van der Waals surface area contributed by atoms with Gasteiger partial charge in [0.15, 0.2) is 5.78 Å². The minimum Gasteiger partial charge on any atom is -0.455 e. The number of ether oxygens (including phenoxy) is 4. The Morgan fingerprint density at radius 2 is 1.58 bits per heavy atom. The molecule has 5 N–H and O–H groups in total. The molecule has 0 aromatic heterocycles. The molecule has 1 amide bonds. The van der Waals surface area contributed by atoms with Crippen LogP contribution in [-0.4, -0.2) is 105 Å². The summed E-state index contributed by atoms with van der Waals surface area (Å²) in [5.41, 5.74) is -5.63. The molecule has 2 bridgehead atoms. The van der Waals surface area contributed by atoms with E-state index in [-0.39, 0.29) is 29.7 Å². The third kappa shape index (κ3) is 7.09. The van der Waals surface area contributed by atoms with Gasteiger partial charge in [0.1, 0.15) is 30.0 Å². The molecule has 0 radical (unpaired) electrons. The summed E-state index contributed by atoms with van der Waals surface area (Å²) in [5.74, 6) is -5.35.